The highest BCUT2D eigenvalue weighted by molar-refractivity contribution is 5.88. The number of allylic oxidation sites excluding steroid dienone is 7. The summed E-state index contributed by atoms with van der Waals surface area (Å²) in [6, 6.07) is 4.33. The molecule has 0 saturated carbocycles. The van der Waals surface area contributed by atoms with Gasteiger partial charge in [0, 0.05) is 5.57 Å². The Balaban J connectivity index is 2.37. The van der Waals surface area contributed by atoms with Crippen LogP contribution in [0.15, 0.2) is 66.3 Å². The minimum absolute atomic E-state index is 0.111. The maximum atomic E-state index is 11.1. The Morgan fingerprint density at radius 2 is 1.48 bits per heavy atom. The fourth-order valence-corrected chi connectivity index (χ4v) is 3.26. The summed E-state index contributed by atoms with van der Waals surface area (Å²) in [6.45, 7) is 8.08. The molecule has 1 aromatic rings. The molecule has 0 aromatic heterocycles. The normalized spacial score (nSPS) is 15.3. The van der Waals surface area contributed by atoms with Gasteiger partial charge in [-0.15, -0.1) is 0 Å². The lowest BCUT2D eigenvalue weighted by atomic mass is 10.00. The molecule has 5 heteroatoms. The highest BCUT2D eigenvalue weighted by atomic mass is 16.4. The second kappa shape index (κ2) is 14.9. The number of phenolic OH excluding ortho intramolecular Hbond substituents is 1. The smallest absolute Gasteiger partial charge is 0.335 e. The van der Waals surface area contributed by atoms with Gasteiger partial charge in [-0.1, -0.05) is 63.3 Å². The Bertz CT molecular complexity index is 892. The summed E-state index contributed by atoms with van der Waals surface area (Å²) < 4.78 is 0. The van der Waals surface area contributed by atoms with Crippen LogP contribution in [0.3, 0.4) is 0 Å². The third kappa shape index (κ3) is 11.9. The van der Waals surface area contributed by atoms with E-state index >= 15 is 0 Å². The van der Waals surface area contributed by atoms with Crippen LogP contribution >= 0.6 is 0 Å². The molecule has 0 aliphatic rings. The Morgan fingerprint density at radius 1 is 0.909 bits per heavy atom. The molecule has 1 rings (SSSR count). The predicted molar refractivity (Wildman–Crippen MR) is 134 cm³/mol. The molecule has 3 atom stereocenters. The van der Waals surface area contributed by atoms with E-state index in [0.717, 1.165) is 25.7 Å². The first-order chi connectivity index (χ1) is 15.6. The van der Waals surface area contributed by atoms with E-state index in [2.05, 4.69) is 51.2 Å². The van der Waals surface area contributed by atoms with Crippen molar-refractivity contribution in [2.75, 3.05) is 0 Å². The minimum Gasteiger partial charge on any atom is -0.508 e. The summed E-state index contributed by atoms with van der Waals surface area (Å²) in [5.41, 5.74) is 1.19. The molecule has 3 N–H and O–H groups in total. The third-order valence-electron chi connectivity index (χ3n) is 5.48. The van der Waals surface area contributed by atoms with Gasteiger partial charge in [0.1, 0.15) is 5.75 Å². The number of rotatable bonds is 14. The van der Waals surface area contributed by atoms with Crippen molar-refractivity contribution in [3.63, 3.8) is 0 Å². The number of carboxylic acids is 2. The maximum absolute atomic E-state index is 11.1. The van der Waals surface area contributed by atoms with E-state index in [9.17, 15) is 14.7 Å². The first-order valence-corrected chi connectivity index (χ1v) is 11.5. The summed E-state index contributed by atoms with van der Waals surface area (Å²) >= 11 is 0. The van der Waals surface area contributed by atoms with Crippen molar-refractivity contribution in [2.24, 2.45) is 17.8 Å². The average molecular weight is 455 g/mol. The Kier molecular flexibility index (Phi) is 12.6. The summed E-state index contributed by atoms with van der Waals surface area (Å²) in [7, 11) is 0. The number of aromatic carboxylic acids is 1. The van der Waals surface area contributed by atoms with Crippen molar-refractivity contribution in [1.29, 1.82) is 0 Å². The van der Waals surface area contributed by atoms with E-state index < -0.39 is 11.9 Å². The van der Waals surface area contributed by atoms with E-state index in [4.69, 9.17) is 10.2 Å². The highest BCUT2D eigenvalue weighted by Gasteiger charge is 2.07. The molecule has 180 valence electrons. The number of hydrogen-bond donors (Lipinski definition) is 3. The predicted octanol–water partition coefficient (Wildman–Crippen LogP) is 6.80. The van der Waals surface area contributed by atoms with Crippen LogP contribution in [0.5, 0.6) is 5.75 Å². The van der Waals surface area contributed by atoms with Gasteiger partial charge >= 0.3 is 11.9 Å². The number of aliphatic carboxylic acids is 1. The molecule has 33 heavy (non-hydrogen) atoms. The third-order valence-corrected chi connectivity index (χ3v) is 5.48. The molecule has 0 bridgehead atoms. The van der Waals surface area contributed by atoms with Crippen molar-refractivity contribution < 1.29 is 24.9 Å². The fourth-order valence-electron chi connectivity index (χ4n) is 3.26. The quantitative estimate of drug-likeness (QED) is 0.212. The van der Waals surface area contributed by atoms with Crippen LogP contribution in [-0.4, -0.2) is 27.3 Å². The average Bonchev–Trinajstić information content (AvgIpc) is 2.74. The van der Waals surface area contributed by atoms with Crippen LogP contribution in [0.4, 0.5) is 0 Å². The highest BCUT2D eigenvalue weighted by Crippen LogP contribution is 2.20. The molecule has 0 heterocycles. The van der Waals surface area contributed by atoms with Crippen molar-refractivity contribution in [2.45, 2.75) is 59.8 Å². The van der Waals surface area contributed by atoms with Crippen molar-refractivity contribution in [1.82, 2.24) is 0 Å². The lowest BCUT2D eigenvalue weighted by Crippen LogP contribution is -1.97. The van der Waals surface area contributed by atoms with Gasteiger partial charge in [0.05, 0.1) is 5.56 Å². The van der Waals surface area contributed by atoms with Gasteiger partial charge < -0.3 is 15.3 Å². The zero-order valence-electron chi connectivity index (χ0n) is 20.2. The number of carbonyl (C=O) groups is 2. The van der Waals surface area contributed by atoms with E-state index in [-0.39, 0.29) is 11.3 Å². The lowest BCUT2D eigenvalue weighted by molar-refractivity contribution is -0.132. The van der Waals surface area contributed by atoms with Gasteiger partial charge in [-0.05, 0) is 80.5 Å². The molecule has 0 saturated heterocycles. The lowest BCUT2D eigenvalue weighted by Gasteiger charge is -2.07. The molecule has 0 aliphatic heterocycles. The first-order valence-electron chi connectivity index (χ1n) is 11.5. The SMILES string of the molecule is CC(=CCCC(C)C=CCC(C)C=CCC(C)C=CCc1cc(C(=O)O)ccc1O)C(=O)O. The topological polar surface area (TPSA) is 94.8 Å². The van der Waals surface area contributed by atoms with Gasteiger partial charge in [0.15, 0.2) is 0 Å². The van der Waals surface area contributed by atoms with Crippen LogP contribution in [0, 0.1) is 17.8 Å². The van der Waals surface area contributed by atoms with Crippen LogP contribution < -0.4 is 0 Å². The standard InChI is InChI=1S/C28H38O5/c1-20(9-5-11-21(2)13-7-15-23(4)27(30)31)10-6-12-22(3)14-8-16-24-19-25(28(32)33)17-18-26(24)29/h5-6,8,10-11,14-15,17-22,29H,7,9,12-13,16H2,1-4H3,(H,30,31)(H,32,33). The second-order valence-corrected chi connectivity index (χ2v) is 8.81. The van der Waals surface area contributed by atoms with Crippen LogP contribution in [0.25, 0.3) is 0 Å². The molecule has 0 spiro atoms. The number of hydrogen-bond acceptors (Lipinski definition) is 3. The van der Waals surface area contributed by atoms with Crippen molar-refractivity contribution >= 4 is 11.9 Å². The molecular formula is C28H38O5. The molecule has 1 aromatic carbocycles. The Labute approximate surface area is 197 Å². The van der Waals surface area contributed by atoms with E-state index in [0.29, 0.717) is 35.3 Å². The van der Waals surface area contributed by atoms with Gasteiger partial charge in [-0.2, -0.15) is 0 Å². The number of aromatic hydroxyl groups is 1. The van der Waals surface area contributed by atoms with Crippen LogP contribution in [0.1, 0.15) is 69.3 Å². The van der Waals surface area contributed by atoms with E-state index in [1.807, 2.05) is 6.08 Å². The van der Waals surface area contributed by atoms with Crippen molar-refractivity contribution in [3.05, 3.63) is 77.4 Å². The molecule has 5 nitrogen and oxygen atoms in total. The van der Waals surface area contributed by atoms with E-state index in [1.54, 1.807) is 13.0 Å². The Hall–Kier alpha value is -3.08. The van der Waals surface area contributed by atoms with Crippen molar-refractivity contribution in [3.8, 4) is 5.75 Å². The molecule has 0 amide bonds. The van der Waals surface area contributed by atoms with E-state index in [1.165, 1.54) is 18.2 Å². The summed E-state index contributed by atoms with van der Waals surface area (Å²) in [6.07, 6.45) is 18.7. The van der Waals surface area contributed by atoms with Crippen LogP contribution in [0.2, 0.25) is 0 Å². The van der Waals surface area contributed by atoms with Crippen LogP contribution in [-0.2, 0) is 11.2 Å². The van der Waals surface area contributed by atoms with Gasteiger partial charge in [0.2, 0.25) is 0 Å². The van der Waals surface area contributed by atoms with Gasteiger partial charge in [-0.25, -0.2) is 9.59 Å². The monoisotopic (exact) mass is 454 g/mol. The maximum Gasteiger partial charge on any atom is 0.335 e. The largest absolute Gasteiger partial charge is 0.508 e. The minimum atomic E-state index is -1.000. The molecule has 0 aliphatic carbocycles. The number of carboxylic acid groups (broad SMARTS) is 2. The molecule has 0 fully saturated rings. The fraction of sp³-hybridized carbons (Fsp3) is 0.429. The summed E-state index contributed by atoms with van der Waals surface area (Å²) in [4.78, 5) is 21.9. The second-order valence-electron chi connectivity index (χ2n) is 8.81. The number of phenols is 1. The zero-order valence-corrected chi connectivity index (χ0v) is 20.2. The number of benzene rings is 1. The molecule has 0 radical (unpaired) electrons. The summed E-state index contributed by atoms with van der Waals surface area (Å²) in [5, 5.41) is 27.8. The first kappa shape index (κ1) is 28.0. The van der Waals surface area contributed by atoms with Gasteiger partial charge in [0.25, 0.3) is 0 Å². The molecule has 3 unspecified atom stereocenters. The molecular weight excluding hydrogens is 416 g/mol. The van der Waals surface area contributed by atoms with Gasteiger partial charge in [-0.3, -0.25) is 0 Å². The Morgan fingerprint density at radius 3 is 2.06 bits per heavy atom. The summed E-state index contributed by atoms with van der Waals surface area (Å²) in [5.74, 6) is -0.542. The zero-order chi connectivity index (χ0) is 24.8.